The molecule has 0 saturated carbocycles. The summed E-state index contributed by atoms with van der Waals surface area (Å²) in [6.45, 7) is 1.88. The van der Waals surface area contributed by atoms with Crippen LogP contribution < -0.4 is 16.0 Å². The smallest absolute Gasteiger partial charge is 0.135 e. The van der Waals surface area contributed by atoms with Crippen LogP contribution in [0.25, 0.3) is 0 Å². The van der Waals surface area contributed by atoms with Gasteiger partial charge in [0.2, 0.25) is 0 Å². The van der Waals surface area contributed by atoms with Crippen molar-refractivity contribution < 1.29 is 4.39 Å². The fraction of sp³-hybridized carbons (Fsp3) is 0.231. The molecule has 0 unspecified atom stereocenters. The van der Waals surface area contributed by atoms with Crippen LogP contribution in [0.1, 0.15) is 0 Å². The molecule has 1 saturated heterocycles. The Balaban J connectivity index is 1.71. The van der Waals surface area contributed by atoms with Gasteiger partial charge in [-0.25, -0.2) is 14.4 Å². The highest BCUT2D eigenvalue weighted by Crippen LogP contribution is 2.17. The number of anilines is 3. The zero-order chi connectivity index (χ0) is 13.1. The number of halogens is 1. The van der Waals surface area contributed by atoms with Crippen LogP contribution in [0, 0.1) is 5.82 Å². The molecule has 0 radical (unpaired) electrons. The second kappa shape index (κ2) is 5.19. The first-order valence-electron chi connectivity index (χ1n) is 6.11. The molecule has 2 heterocycles. The zero-order valence-electron chi connectivity index (χ0n) is 10.2. The van der Waals surface area contributed by atoms with Crippen LogP contribution in [0.2, 0.25) is 0 Å². The van der Waals surface area contributed by atoms with Gasteiger partial charge in [-0.15, -0.1) is 0 Å². The van der Waals surface area contributed by atoms with E-state index in [0.29, 0.717) is 17.5 Å². The van der Waals surface area contributed by atoms with Crippen LogP contribution in [0.4, 0.5) is 21.7 Å². The van der Waals surface area contributed by atoms with E-state index in [1.807, 2.05) is 6.07 Å². The molecule has 3 N–H and O–H groups in total. The molecule has 1 aromatic heterocycles. The molecule has 0 spiro atoms. The van der Waals surface area contributed by atoms with Gasteiger partial charge < -0.3 is 16.0 Å². The van der Waals surface area contributed by atoms with Crippen LogP contribution in [-0.2, 0) is 0 Å². The van der Waals surface area contributed by atoms with Crippen molar-refractivity contribution in [3.8, 4) is 0 Å². The maximum atomic E-state index is 13.1. The van der Waals surface area contributed by atoms with E-state index in [4.69, 9.17) is 0 Å². The van der Waals surface area contributed by atoms with E-state index in [-0.39, 0.29) is 5.82 Å². The predicted molar refractivity (Wildman–Crippen MR) is 72.0 cm³/mol. The van der Waals surface area contributed by atoms with Gasteiger partial charge in [0, 0.05) is 24.8 Å². The maximum absolute atomic E-state index is 13.1. The molecule has 0 amide bonds. The second-order valence-electron chi connectivity index (χ2n) is 4.42. The molecule has 98 valence electrons. The van der Waals surface area contributed by atoms with Crippen molar-refractivity contribution in [2.45, 2.75) is 6.04 Å². The van der Waals surface area contributed by atoms with Crippen LogP contribution in [0.3, 0.4) is 0 Å². The number of nitrogens with zero attached hydrogens (tertiary/aromatic N) is 2. The average molecular weight is 259 g/mol. The Morgan fingerprint density at radius 3 is 2.74 bits per heavy atom. The molecule has 0 bridgehead atoms. The summed E-state index contributed by atoms with van der Waals surface area (Å²) in [6.07, 6.45) is 1.48. The van der Waals surface area contributed by atoms with Crippen molar-refractivity contribution >= 4 is 17.3 Å². The van der Waals surface area contributed by atoms with Crippen LogP contribution >= 0.6 is 0 Å². The normalized spacial score (nSPS) is 14.8. The van der Waals surface area contributed by atoms with Gasteiger partial charge in [-0.2, -0.15) is 0 Å². The summed E-state index contributed by atoms with van der Waals surface area (Å²) in [5.74, 6) is 1.12. The Hall–Kier alpha value is -2.21. The Morgan fingerprint density at radius 2 is 2.00 bits per heavy atom. The standard InChI is InChI=1S/C13H14FN5/c14-9-2-1-3-10(4-9)18-12-5-13(17-8-16-12)19-11-6-15-7-11/h1-5,8,11,15H,6-7H2,(H2,16,17,18,19). The van der Waals surface area contributed by atoms with Gasteiger partial charge in [-0.1, -0.05) is 6.07 Å². The third-order valence-corrected chi connectivity index (χ3v) is 2.90. The summed E-state index contributed by atoms with van der Waals surface area (Å²) in [7, 11) is 0. The topological polar surface area (TPSA) is 61.9 Å². The average Bonchev–Trinajstić information content (AvgIpc) is 2.34. The van der Waals surface area contributed by atoms with Crippen molar-refractivity contribution in [1.29, 1.82) is 0 Å². The lowest BCUT2D eigenvalue weighted by molar-refractivity contribution is 0.471. The van der Waals surface area contributed by atoms with Crippen LogP contribution in [-0.4, -0.2) is 29.1 Å². The molecule has 1 aromatic carbocycles. The van der Waals surface area contributed by atoms with Crippen LogP contribution in [0.5, 0.6) is 0 Å². The minimum Gasteiger partial charge on any atom is -0.365 e. The quantitative estimate of drug-likeness (QED) is 0.780. The number of hydrogen-bond donors (Lipinski definition) is 3. The fourth-order valence-electron chi connectivity index (χ4n) is 1.82. The molecular weight excluding hydrogens is 245 g/mol. The monoisotopic (exact) mass is 259 g/mol. The third-order valence-electron chi connectivity index (χ3n) is 2.90. The predicted octanol–water partition coefficient (Wildman–Crippen LogP) is 1.74. The molecule has 0 aliphatic carbocycles. The lowest BCUT2D eigenvalue weighted by Gasteiger charge is -2.28. The summed E-state index contributed by atoms with van der Waals surface area (Å²) >= 11 is 0. The van der Waals surface area contributed by atoms with Crippen molar-refractivity contribution in [3.05, 3.63) is 42.5 Å². The molecule has 0 atom stereocenters. The molecule has 1 aliphatic heterocycles. The Bertz CT molecular complexity index is 570. The molecule has 1 aliphatic rings. The first kappa shape index (κ1) is 11.9. The van der Waals surface area contributed by atoms with Gasteiger partial charge in [0.1, 0.15) is 23.8 Å². The van der Waals surface area contributed by atoms with Gasteiger partial charge in [0.25, 0.3) is 0 Å². The summed E-state index contributed by atoms with van der Waals surface area (Å²) in [4.78, 5) is 8.27. The van der Waals surface area contributed by atoms with E-state index >= 15 is 0 Å². The van der Waals surface area contributed by atoms with Crippen LogP contribution in [0.15, 0.2) is 36.7 Å². The Morgan fingerprint density at radius 1 is 1.16 bits per heavy atom. The van der Waals surface area contributed by atoms with E-state index in [2.05, 4.69) is 25.9 Å². The fourth-order valence-corrected chi connectivity index (χ4v) is 1.82. The lowest BCUT2D eigenvalue weighted by Crippen LogP contribution is -2.51. The number of rotatable bonds is 4. The van der Waals surface area contributed by atoms with E-state index in [1.54, 1.807) is 12.1 Å². The Kier molecular flexibility index (Phi) is 3.24. The highest BCUT2D eigenvalue weighted by molar-refractivity contribution is 5.58. The van der Waals surface area contributed by atoms with Gasteiger partial charge in [-0.3, -0.25) is 0 Å². The van der Waals surface area contributed by atoms with Gasteiger partial charge >= 0.3 is 0 Å². The Labute approximate surface area is 110 Å². The lowest BCUT2D eigenvalue weighted by atomic mass is 10.2. The van der Waals surface area contributed by atoms with E-state index < -0.39 is 0 Å². The van der Waals surface area contributed by atoms with Crippen molar-refractivity contribution in [3.63, 3.8) is 0 Å². The first-order valence-corrected chi connectivity index (χ1v) is 6.11. The minimum atomic E-state index is -0.280. The maximum Gasteiger partial charge on any atom is 0.135 e. The minimum absolute atomic E-state index is 0.280. The number of aromatic nitrogens is 2. The molecule has 2 aromatic rings. The summed E-state index contributed by atoms with van der Waals surface area (Å²) in [6, 6.07) is 8.49. The summed E-state index contributed by atoms with van der Waals surface area (Å²) < 4.78 is 13.1. The van der Waals surface area contributed by atoms with E-state index in [0.717, 1.165) is 18.9 Å². The van der Waals surface area contributed by atoms with Crippen molar-refractivity contribution in [2.24, 2.45) is 0 Å². The molecule has 3 rings (SSSR count). The van der Waals surface area contributed by atoms with E-state index in [1.165, 1.54) is 18.5 Å². The largest absolute Gasteiger partial charge is 0.365 e. The number of nitrogens with one attached hydrogen (secondary N) is 3. The van der Waals surface area contributed by atoms with Gasteiger partial charge in [0.15, 0.2) is 0 Å². The van der Waals surface area contributed by atoms with Gasteiger partial charge in [-0.05, 0) is 18.2 Å². The SMILES string of the molecule is Fc1cccc(Nc2cc(NC3CNC3)ncn2)c1. The molecule has 5 nitrogen and oxygen atoms in total. The summed E-state index contributed by atoms with van der Waals surface area (Å²) in [5.41, 5.74) is 0.662. The first-order chi connectivity index (χ1) is 9.29. The highest BCUT2D eigenvalue weighted by atomic mass is 19.1. The van der Waals surface area contributed by atoms with Crippen molar-refractivity contribution in [2.75, 3.05) is 23.7 Å². The summed E-state index contributed by atoms with van der Waals surface area (Å²) in [5, 5.41) is 9.51. The zero-order valence-corrected chi connectivity index (χ0v) is 10.2. The van der Waals surface area contributed by atoms with E-state index in [9.17, 15) is 4.39 Å². The third kappa shape index (κ3) is 2.97. The molecule has 1 fully saturated rings. The number of benzene rings is 1. The molecular formula is C13H14FN5. The van der Waals surface area contributed by atoms with Gasteiger partial charge in [0.05, 0.1) is 6.04 Å². The number of hydrogen-bond acceptors (Lipinski definition) is 5. The molecule has 19 heavy (non-hydrogen) atoms. The highest BCUT2D eigenvalue weighted by Gasteiger charge is 2.16. The second-order valence-corrected chi connectivity index (χ2v) is 4.42. The molecule has 6 heteroatoms. The van der Waals surface area contributed by atoms with Crippen molar-refractivity contribution in [1.82, 2.24) is 15.3 Å².